The van der Waals surface area contributed by atoms with Crippen LogP contribution < -0.4 is 10.1 Å². The number of hydrogen-bond acceptors (Lipinski definition) is 3. The maximum atomic E-state index is 12.2. The molecule has 2 unspecified atom stereocenters. The second-order valence-electron chi connectivity index (χ2n) is 5.95. The molecule has 1 saturated heterocycles. The number of aryl methyl sites for hydroxylation is 1. The van der Waals surface area contributed by atoms with Gasteiger partial charge in [0.15, 0.2) is 0 Å². The highest BCUT2D eigenvalue weighted by Crippen LogP contribution is 2.12. The van der Waals surface area contributed by atoms with Crippen molar-refractivity contribution in [3.8, 4) is 5.75 Å². The summed E-state index contributed by atoms with van der Waals surface area (Å²) in [5.74, 6) is 1.07. The summed E-state index contributed by atoms with van der Waals surface area (Å²) in [4.78, 5) is 14.2. The van der Waals surface area contributed by atoms with Gasteiger partial charge in [0.1, 0.15) is 12.4 Å². The number of nitrogens with one attached hydrogen (secondary N) is 1. The van der Waals surface area contributed by atoms with Gasteiger partial charge in [-0.3, -0.25) is 4.79 Å². The summed E-state index contributed by atoms with van der Waals surface area (Å²) in [6.07, 6.45) is 2.26. The maximum absolute atomic E-state index is 12.2. The Labute approximate surface area is 127 Å². The molecule has 1 aromatic carbocycles. The Morgan fingerprint density at radius 1 is 1.24 bits per heavy atom. The lowest BCUT2D eigenvalue weighted by Gasteiger charge is -2.24. The zero-order valence-corrected chi connectivity index (χ0v) is 13.3. The van der Waals surface area contributed by atoms with Crippen LogP contribution in [0.1, 0.15) is 32.3 Å². The zero-order valence-electron chi connectivity index (χ0n) is 13.3. The number of nitrogens with zero attached hydrogens (tertiary/aromatic N) is 1. The van der Waals surface area contributed by atoms with Crippen LogP contribution in [-0.2, 0) is 4.79 Å². The van der Waals surface area contributed by atoms with E-state index in [0.717, 1.165) is 31.7 Å². The summed E-state index contributed by atoms with van der Waals surface area (Å²) in [5, 5.41) is 3.32. The van der Waals surface area contributed by atoms with Gasteiger partial charge < -0.3 is 15.0 Å². The molecule has 0 aliphatic carbocycles. The van der Waals surface area contributed by atoms with Crippen molar-refractivity contribution >= 4 is 5.91 Å². The number of benzene rings is 1. The largest absolute Gasteiger partial charge is 0.492 e. The van der Waals surface area contributed by atoms with Crippen LogP contribution in [0.4, 0.5) is 0 Å². The van der Waals surface area contributed by atoms with Crippen molar-refractivity contribution in [1.29, 1.82) is 0 Å². The molecule has 1 aliphatic rings. The lowest BCUT2D eigenvalue weighted by atomic mass is 10.2. The molecule has 2 rings (SSSR count). The van der Waals surface area contributed by atoms with E-state index in [1.807, 2.05) is 43.0 Å². The number of hydrogen-bond donors (Lipinski definition) is 1. The Hall–Kier alpha value is -1.55. The molecule has 1 heterocycles. The van der Waals surface area contributed by atoms with Crippen molar-refractivity contribution in [1.82, 2.24) is 10.2 Å². The first-order chi connectivity index (χ1) is 10.1. The normalized spacial score (nSPS) is 17.6. The first-order valence-electron chi connectivity index (χ1n) is 7.80. The van der Waals surface area contributed by atoms with Crippen LogP contribution in [-0.4, -0.2) is 42.6 Å². The van der Waals surface area contributed by atoms with Crippen LogP contribution in [0.25, 0.3) is 0 Å². The molecule has 1 aromatic rings. The highest BCUT2D eigenvalue weighted by atomic mass is 16.5. The summed E-state index contributed by atoms with van der Waals surface area (Å²) >= 11 is 0. The molecule has 0 radical (unpaired) electrons. The van der Waals surface area contributed by atoms with Crippen LogP contribution in [0.5, 0.6) is 5.75 Å². The van der Waals surface area contributed by atoms with E-state index >= 15 is 0 Å². The van der Waals surface area contributed by atoms with Crippen LogP contribution in [0.2, 0.25) is 0 Å². The van der Waals surface area contributed by atoms with E-state index in [0.29, 0.717) is 6.61 Å². The molecule has 1 amide bonds. The average molecular weight is 290 g/mol. The second kappa shape index (κ2) is 7.46. The standard InChI is InChI=1S/C17H26N2O2/c1-13-6-8-16(9-7-13)21-12-14(2)18-15(3)17(20)19-10-4-5-11-19/h6-9,14-15,18H,4-5,10-12H2,1-3H3. The van der Waals surface area contributed by atoms with Crippen molar-refractivity contribution in [3.63, 3.8) is 0 Å². The number of amides is 1. The van der Waals surface area contributed by atoms with E-state index in [2.05, 4.69) is 12.2 Å². The van der Waals surface area contributed by atoms with Crippen LogP contribution in [0.3, 0.4) is 0 Å². The first-order valence-corrected chi connectivity index (χ1v) is 7.80. The third-order valence-electron chi connectivity index (χ3n) is 3.84. The maximum Gasteiger partial charge on any atom is 0.239 e. The molecule has 0 spiro atoms. The third-order valence-corrected chi connectivity index (χ3v) is 3.84. The van der Waals surface area contributed by atoms with E-state index in [1.165, 1.54) is 5.56 Å². The van der Waals surface area contributed by atoms with Crippen LogP contribution in [0.15, 0.2) is 24.3 Å². The fraction of sp³-hybridized carbons (Fsp3) is 0.588. The first kappa shape index (κ1) is 15.8. The zero-order chi connectivity index (χ0) is 15.2. The quantitative estimate of drug-likeness (QED) is 0.874. The molecule has 4 heteroatoms. The minimum Gasteiger partial charge on any atom is -0.492 e. The fourth-order valence-corrected chi connectivity index (χ4v) is 2.61. The number of likely N-dealkylation sites (tertiary alicyclic amines) is 1. The molecule has 0 bridgehead atoms. The van der Waals surface area contributed by atoms with Gasteiger partial charge in [0.25, 0.3) is 0 Å². The average Bonchev–Trinajstić information content (AvgIpc) is 3.00. The topological polar surface area (TPSA) is 41.6 Å². The smallest absolute Gasteiger partial charge is 0.239 e. The van der Waals surface area contributed by atoms with Crippen molar-refractivity contribution in [2.45, 2.75) is 45.7 Å². The van der Waals surface area contributed by atoms with Gasteiger partial charge in [-0.1, -0.05) is 17.7 Å². The second-order valence-corrected chi connectivity index (χ2v) is 5.95. The number of rotatable bonds is 6. The van der Waals surface area contributed by atoms with Gasteiger partial charge in [-0.2, -0.15) is 0 Å². The molecule has 116 valence electrons. The molecule has 2 atom stereocenters. The van der Waals surface area contributed by atoms with Gasteiger partial charge in [0.2, 0.25) is 5.91 Å². The van der Waals surface area contributed by atoms with Crippen molar-refractivity contribution < 1.29 is 9.53 Å². The van der Waals surface area contributed by atoms with E-state index in [1.54, 1.807) is 0 Å². The molecular formula is C17H26N2O2. The predicted molar refractivity (Wildman–Crippen MR) is 84.5 cm³/mol. The molecule has 0 saturated carbocycles. The summed E-state index contributed by atoms with van der Waals surface area (Å²) in [6.45, 7) is 8.39. The lowest BCUT2D eigenvalue weighted by Crippen LogP contribution is -2.48. The minimum atomic E-state index is -0.153. The molecule has 1 aliphatic heterocycles. The molecule has 21 heavy (non-hydrogen) atoms. The molecule has 1 fully saturated rings. The Bertz CT molecular complexity index is 452. The highest BCUT2D eigenvalue weighted by molar-refractivity contribution is 5.81. The van der Waals surface area contributed by atoms with Gasteiger partial charge >= 0.3 is 0 Å². The molecule has 1 N–H and O–H groups in total. The van der Waals surface area contributed by atoms with Gasteiger partial charge in [-0.15, -0.1) is 0 Å². The van der Waals surface area contributed by atoms with Gasteiger partial charge in [0.05, 0.1) is 6.04 Å². The van der Waals surface area contributed by atoms with Crippen molar-refractivity contribution in [2.75, 3.05) is 19.7 Å². The molecule has 4 nitrogen and oxygen atoms in total. The van der Waals surface area contributed by atoms with E-state index in [-0.39, 0.29) is 18.0 Å². The Kier molecular flexibility index (Phi) is 5.62. The highest BCUT2D eigenvalue weighted by Gasteiger charge is 2.24. The Morgan fingerprint density at radius 2 is 1.86 bits per heavy atom. The SMILES string of the molecule is Cc1ccc(OCC(C)NC(C)C(=O)N2CCCC2)cc1. The van der Waals surface area contributed by atoms with Gasteiger partial charge in [0, 0.05) is 19.1 Å². The molecule has 0 aromatic heterocycles. The number of carbonyl (C=O) groups is 1. The Balaban J connectivity index is 1.74. The van der Waals surface area contributed by atoms with E-state index in [4.69, 9.17) is 4.74 Å². The lowest BCUT2D eigenvalue weighted by molar-refractivity contribution is -0.132. The van der Waals surface area contributed by atoms with Crippen molar-refractivity contribution in [2.24, 2.45) is 0 Å². The monoisotopic (exact) mass is 290 g/mol. The minimum absolute atomic E-state index is 0.132. The summed E-state index contributed by atoms with van der Waals surface area (Å²) < 4.78 is 5.74. The van der Waals surface area contributed by atoms with Crippen LogP contribution in [0, 0.1) is 6.92 Å². The predicted octanol–water partition coefficient (Wildman–Crippen LogP) is 2.36. The summed E-state index contributed by atoms with van der Waals surface area (Å²) in [5.41, 5.74) is 1.22. The molecular weight excluding hydrogens is 264 g/mol. The Morgan fingerprint density at radius 3 is 2.48 bits per heavy atom. The van der Waals surface area contributed by atoms with Crippen molar-refractivity contribution in [3.05, 3.63) is 29.8 Å². The van der Waals surface area contributed by atoms with Crippen LogP contribution >= 0.6 is 0 Å². The number of ether oxygens (including phenoxy) is 1. The summed E-state index contributed by atoms with van der Waals surface area (Å²) in [6, 6.07) is 7.99. The van der Waals surface area contributed by atoms with E-state index in [9.17, 15) is 4.79 Å². The van der Waals surface area contributed by atoms with Gasteiger partial charge in [-0.05, 0) is 45.7 Å². The summed E-state index contributed by atoms with van der Waals surface area (Å²) in [7, 11) is 0. The number of carbonyl (C=O) groups excluding carboxylic acids is 1. The fourth-order valence-electron chi connectivity index (χ4n) is 2.61. The third kappa shape index (κ3) is 4.74. The van der Waals surface area contributed by atoms with E-state index < -0.39 is 0 Å². The van der Waals surface area contributed by atoms with Gasteiger partial charge in [-0.25, -0.2) is 0 Å².